The minimum absolute atomic E-state index is 0.0373. The number of hydrogen-bond donors (Lipinski definition) is 1. The van der Waals surface area contributed by atoms with Crippen LogP contribution < -0.4 is 0 Å². The van der Waals surface area contributed by atoms with E-state index < -0.39 is 5.82 Å². The topological polar surface area (TPSA) is 40.5 Å². The van der Waals surface area contributed by atoms with Gasteiger partial charge in [-0.3, -0.25) is 4.79 Å². The zero-order valence-corrected chi connectivity index (χ0v) is 11.5. The summed E-state index contributed by atoms with van der Waals surface area (Å²) in [7, 11) is 0. The van der Waals surface area contributed by atoms with Gasteiger partial charge in [0, 0.05) is 18.7 Å². The maximum Gasteiger partial charge on any atom is 0.253 e. The van der Waals surface area contributed by atoms with Crippen LogP contribution in [0.4, 0.5) is 4.39 Å². The molecule has 3 nitrogen and oxygen atoms in total. The Labute approximate surface area is 117 Å². The molecule has 1 aromatic rings. The monoisotopic (exact) mass is 285 g/mol. The number of amides is 1. The Morgan fingerprint density at radius 3 is 2.63 bits per heavy atom. The van der Waals surface area contributed by atoms with E-state index in [0.29, 0.717) is 18.7 Å². The number of benzene rings is 1. The minimum atomic E-state index is -0.522. The number of aliphatic hydroxyl groups excluding tert-OH is 1. The van der Waals surface area contributed by atoms with Gasteiger partial charge in [0.1, 0.15) is 5.82 Å². The predicted octanol–water partition coefficient (Wildman–Crippen LogP) is 2.71. The molecule has 5 heteroatoms. The van der Waals surface area contributed by atoms with E-state index in [2.05, 4.69) is 0 Å². The lowest BCUT2D eigenvalue weighted by atomic mass is 9.92. The Morgan fingerprint density at radius 1 is 1.47 bits per heavy atom. The molecule has 1 saturated heterocycles. The van der Waals surface area contributed by atoms with Crippen molar-refractivity contribution in [1.82, 2.24) is 4.90 Å². The first-order valence-corrected chi connectivity index (χ1v) is 6.79. The summed E-state index contributed by atoms with van der Waals surface area (Å²) < 4.78 is 13.1. The van der Waals surface area contributed by atoms with Gasteiger partial charge in [-0.15, -0.1) is 0 Å². The number of nitrogens with zero attached hydrogens (tertiary/aromatic N) is 1. The van der Waals surface area contributed by atoms with Crippen LogP contribution >= 0.6 is 11.6 Å². The molecule has 1 aromatic carbocycles. The van der Waals surface area contributed by atoms with Crippen molar-refractivity contribution in [3.63, 3.8) is 0 Å². The normalized spacial score (nSPS) is 18.4. The smallest absolute Gasteiger partial charge is 0.253 e. The molecule has 0 saturated carbocycles. The molecule has 0 aliphatic carbocycles. The highest BCUT2D eigenvalue weighted by molar-refractivity contribution is 6.31. The van der Waals surface area contributed by atoms with E-state index in [9.17, 15) is 14.3 Å². The van der Waals surface area contributed by atoms with Crippen LogP contribution in [0.1, 0.15) is 30.1 Å². The summed E-state index contributed by atoms with van der Waals surface area (Å²) >= 11 is 5.68. The number of carbonyl (C=O) groups excluding carboxylic acids is 1. The Hall–Kier alpha value is -1.13. The Bertz CT molecular complexity index is 471. The zero-order valence-electron chi connectivity index (χ0n) is 10.8. The fourth-order valence-corrected chi connectivity index (χ4v) is 2.58. The van der Waals surface area contributed by atoms with E-state index in [1.165, 1.54) is 18.2 Å². The summed E-state index contributed by atoms with van der Waals surface area (Å²) in [6.45, 7) is 3.01. The van der Waals surface area contributed by atoms with Gasteiger partial charge in [0.05, 0.1) is 11.1 Å². The van der Waals surface area contributed by atoms with Gasteiger partial charge >= 0.3 is 0 Å². The van der Waals surface area contributed by atoms with E-state index in [4.69, 9.17) is 11.6 Å². The number of rotatable bonds is 2. The van der Waals surface area contributed by atoms with Crippen LogP contribution in [-0.2, 0) is 0 Å². The second kappa shape index (κ2) is 5.88. The van der Waals surface area contributed by atoms with Crippen molar-refractivity contribution in [1.29, 1.82) is 0 Å². The van der Waals surface area contributed by atoms with Crippen LogP contribution in [0.3, 0.4) is 0 Å². The molecule has 1 aliphatic heterocycles. The fraction of sp³-hybridized carbons (Fsp3) is 0.500. The molecule has 1 atom stereocenters. The molecule has 1 N–H and O–H groups in total. The zero-order chi connectivity index (χ0) is 14.0. The largest absolute Gasteiger partial charge is 0.393 e. The van der Waals surface area contributed by atoms with Gasteiger partial charge in [-0.1, -0.05) is 11.6 Å². The highest BCUT2D eigenvalue weighted by Gasteiger charge is 2.26. The van der Waals surface area contributed by atoms with Gasteiger partial charge in [0.2, 0.25) is 0 Å². The summed E-state index contributed by atoms with van der Waals surface area (Å²) in [5.41, 5.74) is 0.405. The first-order chi connectivity index (χ1) is 8.99. The molecule has 0 bridgehead atoms. The summed E-state index contributed by atoms with van der Waals surface area (Å²) in [5, 5.41) is 9.49. The van der Waals surface area contributed by atoms with Crippen molar-refractivity contribution >= 4 is 17.5 Å². The van der Waals surface area contributed by atoms with Crippen molar-refractivity contribution in [2.45, 2.75) is 25.9 Å². The molecular formula is C14H17ClFNO2. The van der Waals surface area contributed by atoms with Crippen LogP contribution in [-0.4, -0.2) is 35.1 Å². The average Bonchev–Trinajstić information content (AvgIpc) is 2.41. The average molecular weight is 286 g/mol. The van der Waals surface area contributed by atoms with E-state index in [1.807, 2.05) is 0 Å². The third-order valence-electron chi connectivity index (χ3n) is 3.68. The van der Waals surface area contributed by atoms with Crippen LogP contribution in [0.2, 0.25) is 5.02 Å². The van der Waals surface area contributed by atoms with Gasteiger partial charge in [0.25, 0.3) is 5.91 Å². The molecule has 19 heavy (non-hydrogen) atoms. The minimum Gasteiger partial charge on any atom is -0.393 e. The number of piperidine rings is 1. The van der Waals surface area contributed by atoms with Crippen LogP contribution in [0, 0.1) is 11.7 Å². The lowest BCUT2D eigenvalue weighted by Gasteiger charge is -2.33. The second-order valence-corrected chi connectivity index (χ2v) is 5.41. The molecular weight excluding hydrogens is 269 g/mol. The van der Waals surface area contributed by atoms with Crippen molar-refractivity contribution in [3.8, 4) is 0 Å². The van der Waals surface area contributed by atoms with Crippen molar-refractivity contribution < 1.29 is 14.3 Å². The Kier molecular flexibility index (Phi) is 4.42. The molecule has 104 valence electrons. The maximum atomic E-state index is 13.1. The Morgan fingerprint density at radius 2 is 2.11 bits per heavy atom. The summed E-state index contributed by atoms with van der Waals surface area (Å²) in [6, 6.07) is 4.02. The van der Waals surface area contributed by atoms with Gasteiger partial charge in [0.15, 0.2) is 0 Å². The molecule has 1 aliphatic rings. The molecule has 1 amide bonds. The number of hydrogen-bond acceptors (Lipinski definition) is 2. The predicted molar refractivity (Wildman–Crippen MR) is 71.7 cm³/mol. The standard InChI is InChI=1S/C14H17ClFNO2/c1-9(18)10-4-6-17(7-5-10)14(19)11-2-3-13(16)12(15)8-11/h2-3,8-10,18H,4-7H2,1H3. The van der Waals surface area contributed by atoms with Crippen molar-refractivity contribution in [2.24, 2.45) is 5.92 Å². The first-order valence-electron chi connectivity index (χ1n) is 6.41. The molecule has 0 radical (unpaired) electrons. The number of carbonyl (C=O) groups is 1. The number of likely N-dealkylation sites (tertiary alicyclic amines) is 1. The lowest BCUT2D eigenvalue weighted by Crippen LogP contribution is -2.40. The van der Waals surface area contributed by atoms with Crippen molar-refractivity contribution in [3.05, 3.63) is 34.6 Å². The van der Waals surface area contributed by atoms with Gasteiger partial charge < -0.3 is 10.0 Å². The quantitative estimate of drug-likeness (QED) is 0.908. The third kappa shape index (κ3) is 3.25. The summed E-state index contributed by atoms with van der Waals surface area (Å²) in [4.78, 5) is 13.9. The first kappa shape index (κ1) is 14.3. The van der Waals surface area contributed by atoms with Crippen molar-refractivity contribution in [2.75, 3.05) is 13.1 Å². The van der Waals surface area contributed by atoms with Crippen LogP contribution in [0.15, 0.2) is 18.2 Å². The number of aliphatic hydroxyl groups is 1. The molecule has 0 spiro atoms. The van der Waals surface area contributed by atoms with E-state index in [0.717, 1.165) is 12.8 Å². The van der Waals surface area contributed by atoms with E-state index >= 15 is 0 Å². The second-order valence-electron chi connectivity index (χ2n) is 5.00. The highest BCUT2D eigenvalue weighted by Crippen LogP contribution is 2.23. The fourth-order valence-electron chi connectivity index (χ4n) is 2.40. The molecule has 2 rings (SSSR count). The third-order valence-corrected chi connectivity index (χ3v) is 3.97. The van der Waals surface area contributed by atoms with Gasteiger partial charge in [-0.25, -0.2) is 4.39 Å². The van der Waals surface area contributed by atoms with Crippen LogP contribution in [0.25, 0.3) is 0 Å². The molecule has 0 aromatic heterocycles. The lowest BCUT2D eigenvalue weighted by molar-refractivity contribution is 0.0521. The highest BCUT2D eigenvalue weighted by atomic mass is 35.5. The molecule has 1 heterocycles. The van der Waals surface area contributed by atoms with E-state index in [1.54, 1.807) is 11.8 Å². The number of halogens is 2. The van der Waals surface area contributed by atoms with Crippen LogP contribution in [0.5, 0.6) is 0 Å². The Balaban J connectivity index is 2.03. The molecule has 1 unspecified atom stereocenters. The molecule has 1 fully saturated rings. The summed E-state index contributed by atoms with van der Waals surface area (Å²) in [6.07, 6.45) is 1.24. The van der Waals surface area contributed by atoms with Gasteiger partial charge in [-0.05, 0) is 43.9 Å². The van der Waals surface area contributed by atoms with E-state index in [-0.39, 0.29) is 23.0 Å². The van der Waals surface area contributed by atoms with Gasteiger partial charge in [-0.2, -0.15) is 0 Å². The summed E-state index contributed by atoms with van der Waals surface area (Å²) in [5.74, 6) is -0.405. The SMILES string of the molecule is CC(O)C1CCN(C(=O)c2ccc(F)c(Cl)c2)CC1. The maximum absolute atomic E-state index is 13.1.